The van der Waals surface area contributed by atoms with Gasteiger partial charge >= 0.3 is 0 Å². The molecule has 0 aromatic heterocycles. The molecule has 29 heavy (non-hydrogen) atoms. The van der Waals surface area contributed by atoms with Gasteiger partial charge in [-0.2, -0.15) is 0 Å². The standard InChI is InChI=1S/C25H30O2SSi/c1-20-15-17-21(18-16-20)28(27)24(25(2,3)26)19-29(4,22-11-7-5-8-12-22)23-13-9-6-10-14-23/h5-18,24,26H,19H2,1-4H3/t24-,28?/m0/s1. The van der Waals surface area contributed by atoms with Gasteiger partial charge in [0.05, 0.1) is 21.7 Å². The number of benzene rings is 3. The quantitative estimate of drug-likeness (QED) is 0.581. The normalized spacial score (nSPS) is 14.4. The molecule has 0 heterocycles. The van der Waals surface area contributed by atoms with E-state index in [1.807, 2.05) is 43.3 Å². The lowest BCUT2D eigenvalue weighted by molar-refractivity contribution is 0.0807. The van der Waals surface area contributed by atoms with E-state index in [9.17, 15) is 9.32 Å². The third-order valence-electron chi connectivity index (χ3n) is 5.72. The average Bonchev–Trinajstić information content (AvgIpc) is 2.72. The first-order valence-electron chi connectivity index (χ1n) is 10.0. The number of aryl methyl sites for hydroxylation is 1. The molecule has 0 bridgehead atoms. The molecule has 0 spiro atoms. The fourth-order valence-corrected chi connectivity index (χ4v) is 10.6. The van der Waals surface area contributed by atoms with Crippen LogP contribution in [0.4, 0.5) is 0 Å². The molecule has 0 aliphatic carbocycles. The van der Waals surface area contributed by atoms with Crippen molar-refractivity contribution in [1.29, 1.82) is 0 Å². The van der Waals surface area contributed by atoms with E-state index in [1.165, 1.54) is 10.4 Å². The van der Waals surface area contributed by atoms with E-state index in [2.05, 4.69) is 55.1 Å². The summed E-state index contributed by atoms with van der Waals surface area (Å²) in [5.41, 5.74) is 0.0754. The van der Waals surface area contributed by atoms with Crippen LogP contribution in [-0.2, 0) is 10.8 Å². The predicted molar refractivity (Wildman–Crippen MR) is 126 cm³/mol. The maximum atomic E-state index is 13.6. The molecule has 2 atom stereocenters. The molecule has 3 aromatic carbocycles. The molecule has 0 aliphatic rings. The van der Waals surface area contributed by atoms with Gasteiger partial charge in [-0.15, -0.1) is 0 Å². The predicted octanol–water partition coefficient (Wildman–Crippen LogP) is 4.14. The molecule has 2 nitrogen and oxygen atoms in total. The number of aliphatic hydroxyl groups is 1. The Hall–Kier alpha value is -2.01. The number of hydrogen-bond donors (Lipinski definition) is 1. The Kier molecular flexibility index (Phi) is 6.57. The van der Waals surface area contributed by atoms with Crippen LogP contribution in [0.2, 0.25) is 12.6 Å². The van der Waals surface area contributed by atoms with Gasteiger partial charge in [-0.1, -0.05) is 95.3 Å². The number of rotatable bonds is 7. The fraction of sp³-hybridized carbons (Fsp3) is 0.280. The molecule has 4 heteroatoms. The molecule has 0 aliphatic heterocycles. The first-order valence-corrected chi connectivity index (χ1v) is 13.9. The van der Waals surface area contributed by atoms with Gasteiger partial charge in [0.15, 0.2) is 0 Å². The molecule has 0 amide bonds. The van der Waals surface area contributed by atoms with Crippen LogP contribution < -0.4 is 10.4 Å². The summed E-state index contributed by atoms with van der Waals surface area (Å²) in [5, 5.41) is 13.3. The van der Waals surface area contributed by atoms with E-state index >= 15 is 0 Å². The van der Waals surface area contributed by atoms with Crippen molar-refractivity contribution in [3.63, 3.8) is 0 Å². The zero-order chi connectivity index (χ0) is 21.1. The molecule has 152 valence electrons. The molecule has 3 aromatic rings. The third kappa shape index (κ3) is 4.95. The second kappa shape index (κ2) is 8.78. The van der Waals surface area contributed by atoms with Crippen molar-refractivity contribution in [2.24, 2.45) is 0 Å². The monoisotopic (exact) mass is 422 g/mol. The van der Waals surface area contributed by atoms with Crippen LogP contribution in [0.15, 0.2) is 89.8 Å². The average molecular weight is 423 g/mol. The second-order valence-corrected chi connectivity index (χ2v) is 14.4. The maximum Gasteiger partial charge on any atom is 0.116 e. The van der Waals surface area contributed by atoms with Crippen molar-refractivity contribution in [2.75, 3.05) is 0 Å². The number of hydrogen-bond acceptors (Lipinski definition) is 2. The Bertz CT molecular complexity index is 908. The molecule has 0 fully saturated rings. The summed E-state index contributed by atoms with van der Waals surface area (Å²) < 4.78 is 13.6. The van der Waals surface area contributed by atoms with Crippen molar-refractivity contribution in [2.45, 2.75) is 49.1 Å². The summed E-state index contributed by atoms with van der Waals surface area (Å²) >= 11 is 0. The van der Waals surface area contributed by atoms with Crippen molar-refractivity contribution in [3.8, 4) is 0 Å². The fourth-order valence-electron chi connectivity index (χ4n) is 3.81. The Balaban J connectivity index is 2.07. The lowest BCUT2D eigenvalue weighted by atomic mass is 10.1. The van der Waals surface area contributed by atoms with Crippen LogP contribution in [0, 0.1) is 6.92 Å². The van der Waals surface area contributed by atoms with E-state index in [0.29, 0.717) is 6.04 Å². The summed E-state index contributed by atoms with van der Waals surface area (Å²) in [6.07, 6.45) is 0. The van der Waals surface area contributed by atoms with E-state index in [-0.39, 0.29) is 5.25 Å². The van der Waals surface area contributed by atoms with Crippen molar-refractivity contribution in [1.82, 2.24) is 0 Å². The summed E-state index contributed by atoms with van der Waals surface area (Å²) in [6.45, 7) is 7.92. The maximum absolute atomic E-state index is 13.6. The Morgan fingerprint density at radius 2 is 1.31 bits per heavy atom. The SMILES string of the molecule is Cc1ccc(S(=O)[C@@H](C[Si](C)(c2ccccc2)c2ccccc2)C(C)(C)O)cc1. The molecule has 0 saturated heterocycles. The van der Waals surface area contributed by atoms with E-state index in [1.54, 1.807) is 13.8 Å². The van der Waals surface area contributed by atoms with Gasteiger partial charge in [0.2, 0.25) is 0 Å². The Morgan fingerprint density at radius 3 is 1.72 bits per heavy atom. The van der Waals surface area contributed by atoms with Crippen LogP contribution >= 0.6 is 0 Å². The van der Waals surface area contributed by atoms with Gasteiger partial charge in [-0.25, -0.2) is 0 Å². The molecular formula is C25H30O2SSi. The van der Waals surface area contributed by atoms with E-state index in [0.717, 1.165) is 10.5 Å². The third-order valence-corrected chi connectivity index (χ3v) is 12.4. The van der Waals surface area contributed by atoms with Gasteiger partial charge in [0.25, 0.3) is 0 Å². The van der Waals surface area contributed by atoms with Gasteiger partial charge in [0, 0.05) is 4.90 Å². The van der Waals surface area contributed by atoms with Crippen LogP contribution in [0.25, 0.3) is 0 Å². The summed E-state index contributed by atoms with van der Waals surface area (Å²) in [7, 11) is -3.54. The smallest absolute Gasteiger partial charge is 0.116 e. The van der Waals surface area contributed by atoms with Gasteiger partial charge in [-0.05, 0) is 38.9 Å². The Morgan fingerprint density at radius 1 is 0.862 bits per heavy atom. The molecular weight excluding hydrogens is 392 g/mol. The highest BCUT2D eigenvalue weighted by Gasteiger charge is 2.42. The van der Waals surface area contributed by atoms with Crippen molar-refractivity contribution >= 4 is 29.2 Å². The van der Waals surface area contributed by atoms with E-state index < -0.39 is 24.5 Å². The van der Waals surface area contributed by atoms with Crippen molar-refractivity contribution < 1.29 is 9.32 Å². The molecule has 1 N–H and O–H groups in total. The largest absolute Gasteiger partial charge is 0.389 e. The first kappa shape index (κ1) is 21.7. The van der Waals surface area contributed by atoms with Crippen molar-refractivity contribution in [3.05, 3.63) is 90.5 Å². The van der Waals surface area contributed by atoms with Gasteiger partial charge < -0.3 is 5.11 Å². The highest BCUT2D eigenvalue weighted by atomic mass is 32.2. The van der Waals surface area contributed by atoms with E-state index in [4.69, 9.17) is 0 Å². The first-order chi connectivity index (χ1) is 13.7. The molecule has 0 radical (unpaired) electrons. The van der Waals surface area contributed by atoms with Crippen LogP contribution in [0.3, 0.4) is 0 Å². The van der Waals surface area contributed by atoms with Crippen LogP contribution in [0.1, 0.15) is 19.4 Å². The molecule has 3 rings (SSSR count). The van der Waals surface area contributed by atoms with Gasteiger partial charge in [0.1, 0.15) is 8.07 Å². The highest BCUT2D eigenvalue weighted by molar-refractivity contribution is 7.86. The second-order valence-electron chi connectivity index (χ2n) is 8.52. The summed E-state index contributed by atoms with van der Waals surface area (Å²) in [4.78, 5) is 0.778. The van der Waals surface area contributed by atoms with Gasteiger partial charge in [-0.3, -0.25) is 4.21 Å². The minimum absolute atomic E-state index is 0.373. The zero-order valence-corrected chi connectivity index (χ0v) is 19.4. The zero-order valence-electron chi connectivity index (χ0n) is 17.6. The Labute approximate surface area is 178 Å². The molecule has 1 unspecified atom stereocenters. The lowest BCUT2D eigenvalue weighted by Gasteiger charge is -2.37. The van der Waals surface area contributed by atoms with Crippen LogP contribution in [0.5, 0.6) is 0 Å². The topological polar surface area (TPSA) is 37.3 Å². The minimum atomic E-state index is -2.23. The summed E-state index contributed by atoms with van der Waals surface area (Å²) in [6, 6.07) is 29.6. The summed E-state index contributed by atoms with van der Waals surface area (Å²) in [5.74, 6) is 0. The lowest BCUT2D eigenvalue weighted by Crippen LogP contribution is -2.60. The minimum Gasteiger partial charge on any atom is -0.389 e. The molecule has 0 saturated carbocycles. The highest BCUT2D eigenvalue weighted by Crippen LogP contribution is 2.29. The van der Waals surface area contributed by atoms with Crippen LogP contribution in [-0.4, -0.2) is 28.2 Å².